The Morgan fingerprint density at radius 2 is 1.83 bits per heavy atom. The summed E-state index contributed by atoms with van der Waals surface area (Å²) in [5, 5.41) is 9.86. The van der Waals surface area contributed by atoms with E-state index in [0.717, 1.165) is 0 Å². The van der Waals surface area contributed by atoms with Crippen molar-refractivity contribution in [3.8, 4) is 29.8 Å². The molecule has 0 saturated carbocycles. The molecule has 1 atom stereocenters. The van der Waals surface area contributed by atoms with Gasteiger partial charge in [-0.3, -0.25) is 0 Å². The molecule has 7 nitrogen and oxygen atoms in total. The second-order valence-corrected chi connectivity index (χ2v) is 5.87. The Kier molecular flexibility index (Phi) is 12.3. The van der Waals surface area contributed by atoms with E-state index in [2.05, 4.69) is 29.8 Å². The highest BCUT2D eigenvalue weighted by atomic mass is 16.7. The van der Waals surface area contributed by atoms with Crippen LogP contribution in [0.25, 0.3) is 0 Å². The number of nitriles is 1. The molecule has 0 aliphatic carbocycles. The maximum absolute atomic E-state index is 12.0. The van der Waals surface area contributed by atoms with Crippen molar-refractivity contribution in [3.63, 3.8) is 0 Å². The van der Waals surface area contributed by atoms with E-state index in [1.54, 1.807) is 43.5 Å². The van der Waals surface area contributed by atoms with E-state index >= 15 is 0 Å². The van der Waals surface area contributed by atoms with Crippen molar-refractivity contribution in [2.75, 3.05) is 47.9 Å². The van der Waals surface area contributed by atoms with Crippen molar-refractivity contribution in [1.82, 2.24) is 0 Å². The maximum atomic E-state index is 12.0. The number of esters is 1. The third kappa shape index (κ3) is 8.92. The van der Waals surface area contributed by atoms with Gasteiger partial charge in [0, 0.05) is 38.5 Å². The van der Waals surface area contributed by atoms with E-state index in [0.29, 0.717) is 11.1 Å². The third-order valence-electron chi connectivity index (χ3n) is 3.58. The summed E-state index contributed by atoms with van der Waals surface area (Å²) in [6.07, 6.45) is 1.56. The summed E-state index contributed by atoms with van der Waals surface area (Å²) in [5.41, 5.74) is -0.463. The smallest absolute Gasteiger partial charge is 0.333 e. The minimum atomic E-state index is -1.57. The van der Waals surface area contributed by atoms with Gasteiger partial charge in [-0.2, -0.15) is 5.26 Å². The molecule has 0 saturated heterocycles. The molecule has 1 aromatic carbocycles. The Labute approximate surface area is 177 Å². The second-order valence-electron chi connectivity index (χ2n) is 5.87. The van der Waals surface area contributed by atoms with Crippen LogP contribution in [-0.2, 0) is 34.1 Å². The quantitative estimate of drug-likeness (QED) is 0.252. The van der Waals surface area contributed by atoms with Crippen molar-refractivity contribution in [1.29, 1.82) is 5.26 Å². The number of benzene rings is 1. The monoisotopic (exact) mass is 411 g/mol. The van der Waals surface area contributed by atoms with E-state index in [9.17, 15) is 10.1 Å². The van der Waals surface area contributed by atoms with Crippen LogP contribution >= 0.6 is 0 Å². The molecular weight excluding hydrogens is 386 g/mol. The van der Waals surface area contributed by atoms with Gasteiger partial charge in [0.05, 0.1) is 13.0 Å². The Bertz CT molecular complexity index is 851. The molecule has 158 valence electrons. The van der Waals surface area contributed by atoms with Crippen molar-refractivity contribution in [3.05, 3.63) is 47.5 Å². The lowest BCUT2D eigenvalue weighted by molar-refractivity contribution is -0.159. The lowest BCUT2D eigenvalue weighted by Gasteiger charge is -2.25. The molecule has 0 N–H and O–H groups in total. The zero-order valence-electron chi connectivity index (χ0n) is 17.4. The minimum Gasteiger partial charge on any atom is -0.436 e. The number of carbonyl (C=O) groups is 1. The molecule has 0 amide bonds. The predicted octanol–water partition coefficient (Wildman–Crippen LogP) is 2.19. The number of hydrogen-bond acceptors (Lipinski definition) is 7. The zero-order chi connectivity index (χ0) is 22.1. The number of rotatable bonds is 10. The van der Waals surface area contributed by atoms with Crippen LogP contribution in [0.5, 0.6) is 0 Å². The molecule has 30 heavy (non-hydrogen) atoms. The molecule has 0 radical (unpaired) electrons. The molecule has 7 heteroatoms. The van der Waals surface area contributed by atoms with Gasteiger partial charge in [0.2, 0.25) is 5.60 Å². The summed E-state index contributed by atoms with van der Waals surface area (Å²) >= 11 is 0. The number of ether oxygens (including phenoxy) is 5. The summed E-state index contributed by atoms with van der Waals surface area (Å²) in [6, 6.07) is 10.8. The van der Waals surface area contributed by atoms with Gasteiger partial charge in [-0.25, -0.2) is 4.79 Å². The van der Waals surface area contributed by atoms with Gasteiger partial charge in [0.1, 0.15) is 26.1 Å². The lowest BCUT2D eigenvalue weighted by atomic mass is 9.91. The highest BCUT2D eigenvalue weighted by Crippen LogP contribution is 2.29. The van der Waals surface area contributed by atoms with Crippen molar-refractivity contribution >= 4 is 5.97 Å². The Balaban J connectivity index is 3.13. The highest BCUT2D eigenvalue weighted by Gasteiger charge is 2.36. The molecule has 0 bridgehead atoms. The average Bonchev–Trinajstić information content (AvgIpc) is 2.76. The number of carbonyl (C=O) groups excluding carboxylic acids is 1. The molecule has 0 fully saturated rings. The molecule has 0 aliphatic rings. The van der Waals surface area contributed by atoms with Gasteiger partial charge < -0.3 is 23.7 Å². The second kappa shape index (κ2) is 14.8. The first kappa shape index (κ1) is 24.9. The van der Waals surface area contributed by atoms with Gasteiger partial charge in [0.25, 0.3) is 0 Å². The molecule has 0 aliphatic heterocycles. The standard InChI is InChI=1S/C23H25NO6/c1-26-15-8-7-10-20(16-29-19-28-3)11-9-14-23(18-24,30-22(25)17-27-2)21-12-5-4-6-13-21/h4-6,10,12-13H,14-17,19H2,1-3H3/b20-10-. The minimum absolute atomic E-state index is 0.0456. The summed E-state index contributed by atoms with van der Waals surface area (Å²) in [6.45, 7) is 0.300. The van der Waals surface area contributed by atoms with Crippen LogP contribution < -0.4 is 0 Å². The van der Waals surface area contributed by atoms with Gasteiger partial charge in [-0.15, -0.1) is 0 Å². The number of nitrogens with zero attached hydrogens (tertiary/aromatic N) is 1. The van der Waals surface area contributed by atoms with Crippen LogP contribution in [0.4, 0.5) is 0 Å². The first-order chi connectivity index (χ1) is 14.6. The summed E-state index contributed by atoms with van der Waals surface area (Å²) in [7, 11) is 4.44. The van der Waals surface area contributed by atoms with E-state index in [1.165, 1.54) is 14.2 Å². The van der Waals surface area contributed by atoms with Crippen LogP contribution in [0.3, 0.4) is 0 Å². The molecule has 0 spiro atoms. The molecule has 1 rings (SSSR count). The Hall–Kier alpha value is -3.12. The first-order valence-electron chi connectivity index (χ1n) is 9.01. The van der Waals surface area contributed by atoms with Gasteiger partial charge in [0.15, 0.2) is 0 Å². The van der Waals surface area contributed by atoms with Gasteiger partial charge in [-0.05, 0) is 0 Å². The topological polar surface area (TPSA) is 87.0 Å². The Morgan fingerprint density at radius 3 is 2.47 bits per heavy atom. The van der Waals surface area contributed by atoms with Gasteiger partial charge >= 0.3 is 5.97 Å². The molecule has 0 aromatic heterocycles. The SMILES string of the molecule is COCC#C/C=C(/C#CCC(C#N)(OC(=O)COC)c1ccccc1)COCOC. The normalized spacial score (nSPS) is 12.4. The number of methoxy groups -OCH3 is 3. The fourth-order valence-electron chi connectivity index (χ4n) is 2.26. The number of hydrogen-bond donors (Lipinski definition) is 0. The molecule has 1 aromatic rings. The largest absolute Gasteiger partial charge is 0.436 e. The Morgan fingerprint density at radius 1 is 1.07 bits per heavy atom. The predicted molar refractivity (Wildman–Crippen MR) is 110 cm³/mol. The fourth-order valence-corrected chi connectivity index (χ4v) is 2.26. The fraction of sp³-hybridized carbons (Fsp3) is 0.391. The molecule has 1 unspecified atom stereocenters. The van der Waals surface area contributed by atoms with E-state index in [4.69, 9.17) is 23.7 Å². The van der Waals surface area contributed by atoms with E-state index < -0.39 is 11.6 Å². The molecule has 0 heterocycles. The van der Waals surface area contributed by atoms with Crippen LogP contribution in [0.2, 0.25) is 0 Å². The van der Waals surface area contributed by atoms with Gasteiger partial charge in [-0.1, -0.05) is 54.0 Å². The van der Waals surface area contributed by atoms with Crippen molar-refractivity contribution in [2.24, 2.45) is 0 Å². The van der Waals surface area contributed by atoms with Crippen molar-refractivity contribution in [2.45, 2.75) is 12.0 Å². The first-order valence-corrected chi connectivity index (χ1v) is 9.01. The molecular formula is C23H25NO6. The van der Waals surface area contributed by atoms with Crippen LogP contribution in [0.15, 0.2) is 42.0 Å². The number of allylic oxidation sites excluding steroid dienone is 1. The van der Waals surface area contributed by atoms with E-state index in [1.807, 2.05) is 0 Å². The maximum Gasteiger partial charge on any atom is 0.333 e. The van der Waals surface area contributed by atoms with Crippen molar-refractivity contribution < 1.29 is 28.5 Å². The van der Waals surface area contributed by atoms with Crippen LogP contribution in [0.1, 0.15) is 12.0 Å². The zero-order valence-corrected chi connectivity index (χ0v) is 17.4. The average molecular weight is 411 g/mol. The third-order valence-corrected chi connectivity index (χ3v) is 3.58. The highest BCUT2D eigenvalue weighted by molar-refractivity contribution is 5.72. The summed E-state index contributed by atoms with van der Waals surface area (Å²) in [5.74, 6) is 10.8. The van der Waals surface area contributed by atoms with Crippen LogP contribution in [0, 0.1) is 35.0 Å². The van der Waals surface area contributed by atoms with E-state index in [-0.39, 0.29) is 33.0 Å². The van der Waals surface area contributed by atoms with Crippen LogP contribution in [-0.4, -0.2) is 53.9 Å². The summed E-state index contributed by atoms with van der Waals surface area (Å²) < 4.78 is 25.4. The summed E-state index contributed by atoms with van der Waals surface area (Å²) in [4.78, 5) is 12.0. The lowest BCUT2D eigenvalue weighted by Crippen LogP contribution is -2.32.